The third kappa shape index (κ3) is 28.9. The van der Waals surface area contributed by atoms with Crippen LogP contribution in [0.5, 0.6) is 0 Å². The first-order chi connectivity index (χ1) is 19.6. The molecule has 0 amide bonds. The van der Waals surface area contributed by atoms with Gasteiger partial charge in [0.25, 0.3) is 0 Å². The Hall–Kier alpha value is -2.14. The summed E-state index contributed by atoms with van der Waals surface area (Å²) in [6.45, 7) is 4.00. The van der Waals surface area contributed by atoms with Crippen LogP contribution in [0.2, 0.25) is 0 Å². The van der Waals surface area contributed by atoms with Gasteiger partial charge in [-0.25, -0.2) is 0 Å². The Morgan fingerprint density at radius 2 is 1.02 bits per heavy atom. The largest absolute Gasteiger partial charge is 0.462 e. The molecule has 0 spiro atoms. The van der Waals surface area contributed by atoms with E-state index in [0.29, 0.717) is 12.8 Å². The number of carbonyl (C=O) groups excluding carboxylic acids is 2. The summed E-state index contributed by atoms with van der Waals surface area (Å²) in [4.78, 5) is 24.0. The second-order valence-electron chi connectivity index (χ2n) is 10.5. The summed E-state index contributed by atoms with van der Waals surface area (Å²) in [6.07, 6.45) is 37.3. The number of hydrogen-bond acceptors (Lipinski definition) is 5. The van der Waals surface area contributed by atoms with Gasteiger partial charge in [0.1, 0.15) is 6.61 Å². The quantitative estimate of drug-likeness (QED) is 0.0586. The average molecular weight is 561 g/mol. The average Bonchev–Trinajstić information content (AvgIpc) is 2.96. The van der Waals surface area contributed by atoms with Gasteiger partial charge in [-0.3, -0.25) is 9.59 Å². The Kier molecular flexibility index (Phi) is 29.7. The van der Waals surface area contributed by atoms with E-state index in [1.165, 1.54) is 57.8 Å². The lowest BCUT2D eigenvalue weighted by atomic mass is 10.1. The van der Waals surface area contributed by atoms with Crippen molar-refractivity contribution in [1.29, 1.82) is 0 Å². The molecule has 0 rings (SSSR count). The van der Waals surface area contributed by atoms with Crippen molar-refractivity contribution < 1.29 is 24.2 Å². The number of esters is 2. The minimum Gasteiger partial charge on any atom is -0.462 e. The number of aliphatic hydroxyl groups excluding tert-OH is 1. The molecule has 1 atom stereocenters. The molecule has 5 nitrogen and oxygen atoms in total. The van der Waals surface area contributed by atoms with Gasteiger partial charge in [-0.2, -0.15) is 0 Å². The Morgan fingerprint density at radius 1 is 0.575 bits per heavy atom. The summed E-state index contributed by atoms with van der Waals surface area (Å²) in [7, 11) is 0. The number of unbranched alkanes of at least 4 members (excludes halogenated alkanes) is 12. The number of ether oxygens (including phenoxy) is 2. The van der Waals surface area contributed by atoms with E-state index in [1.807, 2.05) is 0 Å². The smallest absolute Gasteiger partial charge is 0.306 e. The Morgan fingerprint density at radius 3 is 1.65 bits per heavy atom. The fourth-order valence-electron chi connectivity index (χ4n) is 4.07. The third-order valence-corrected chi connectivity index (χ3v) is 6.60. The van der Waals surface area contributed by atoms with Crippen LogP contribution in [0, 0.1) is 0 Å². The lowest BCUT2D eigenvalue weighted by Gasteiger charge is -2.15. The van der Waals surface area contributed by atoms with E-state index in [2.05, 4.69) is 62.5 Å². The highest BCUT2D eigenvalue weighted by molar-refractivity contribution is 5.70. The summed E-state index contributed by atoms with van der Waals surface area (Å²) < 4.78 is 10.5. The second kappa shape index (κ2) is 31.4. The van der Waals surface area contributed by atoms with Gasteiger partial charge in [-0.1, -0.05) is 107 Å². The van der Waals surface area contributed by atoms with Crippen molar-refractivity contribution in [2.24, 2.45) is 0 Å². The number of carbonyl (C=O) groups is 2. The highest BCUT2D eigenvalue weighted by Crippen LogP contribution is 2.10. The molecule has 0 heterocycles. The highest BCUT2D eigenvalue weighted by Gasteiger charge is 2.16. The predicted molar refractivity (Wildman–Crippen MR) is 168 cm³/mol. The SMILES string of the molecule is CCCC/C=C\CCCCCCCC(=O)O[C@@H](CO)COC(=O)CCCC/C=C\C/C=C\C/C=C\CCCCC. The van der Waals surface area contributed by atoms with Gasteiger partial charge in [0.15, 0.2) is 6.10 Å². The first kappa shape index (κ1) is 37.9. The molecule has 0 aromatic rings. The van der Waals surface area contributed by atoms with Gasteiger partial charge >= 0.3 is 11.9 Å². The maximum Gasteiger partial charge on any atom is 0.306 e. The lowest BCUT2D eigenvalue weighted by molar-refractivity contribution is -0.161. The van der Waals surface area contributed by atoms with Crippen LogP contribution in [0.4, 0.5) is 0 Å². The van der Waals surface area contributed by atoms with Gasteiger partial charge in [0.05, 0.1) is 6.61 Å². The zero-order valence-electron chi connectivity index (χ0n) is 25.8. The number of allylic oxidation sites excluding steroid dienone is 8. The van der Waals surface area contributed by atoms with E-state index in [9.17, 15) is 14.7 Å². The Bertz CT molecular complexity index is 692. The van der Waals surface area contributed by atoms with Crippen LogP contribution in [0.3, 0.4) is 0 Å². The van der Waals surface area contributed by atoms with Crippen LogP contribution >= 0.6 is 0 Å². The van der Waals surface area contributed by atoms with Crippen LogP contribution in [0.1, 0.15) is 142 Å². The molecule has 0 radical (unpaired) electrons. The van der Waals surface area contributed by atoms with Crippen LogP contribution in [-0.2, 0) is 19.1 Å². The van der Waals surface area contributed by atoms with Crippen molar-refractivity contribution >= 4 is 11.9 Å². The van der Waals surface area contributed by atoms with E-state index in [1.54, 1.807) is 0 Å². The van der Waals surface area contributed by atoms with E-state index in [4.69, 9.17) is 9.47 Å². The van der Waals surface area contributed by atoms with Crippen molar-refractivity contribution in [2.75, 3.05) is 13.2 Å². The van der Waals surface area contributed by atoms with Crippen molar-refractivity contribution in [3.05, 3.63) is 48.6 Å². The van der Waals surface area contributed by atoms with E-state index < -0.39 is 6.10 Å². The summed E-state index contributed by atoms with van der Waals surface area (Å²) in [5.41, 5.74) is 0. The van der Waals surface area contributed by atoms with Crippen molar-refractivity contribution in [2.45, 2.75) is 148 Å². The van der Waals surface area contributed by atoms with Gasteiger partial charge in [-0.15, -0.1) is 0 Å². The minimum atomic E-state index is -0.788. The van der Waals surface area contributed by atoms with Crippen LogP contribution in [-0.4, -0.2) is 36.4 Å². The van der Waals surface area contributed by atoms with Crippen molar-refractivity contribution in [3.8, 4) is 0 Å². The first-order valence-corrected chi connectivity index (χ1v) is 16.2. The zero-order chi connectivity index (χ0) is 29.4. The van der Waals surface area contributed by atoms with Crippen LogP contribution in [0.25, 0.3) is 0 Å². The normalized spacial score (nSPS) is 12.8. The highest BCUT2D eigenvalue weighted by atomic mass is 16.6. The molecule has 0 saturated carbocycles. The molecule has 0 aliphatic heterocycles. The van der Waals surface area contributed by atoms with Crippen molar-refractivity contribution in [3.63, 3.8) is 0 Å². The summed E-state index contributed by atoms with van der Waals surface area (Å²) >= 11 is 0. The van der Waals surface area contributed by atoms with Gasteiger partial charge < -0.3 is 14.6 Å². The monoisotopic (exact) mass is 560 g/mol. The molecule has 5 heteroatoms. The summed E-state index contributed by atoms with van der Waals surface area (Å²) in [5, 5.41) is 9.48. The maximum atomic E-state index is 12.0. The Labute approximate surface area is 246 Å². The van der Waals surface area contributed by atoms with Crippen LogP contribution < -0.4 is 0 Å². The molecule has 0 saturated heterocycles. The van der Waals surface area contributed by atoms with Crippen LogP contribution in [0.15, 0.2) is 48.6 Å². The number of rotatable bonds is 28. The molecular formula is C35H60O5. The van der Waals surface area contributed by atoms with E-state index in [-0.39, 0.29) is 25.2 Å². The minimum absolute atomic E-state index is 0.0903. The fraction of sp³-hybridized carbons (Fsp3) is 0.714. The molecule has 0 unspecified atom stereocenters. The molecule has 0 aliphatic carbocycles. The Balaban J connectivity index is 3.70. The zero-order valence-corrected chi connectivity index (χ0v) is 25.8. The second-order valence-corrected chi connectivity index (χ2v) is 10.5. The molecule has 0 aromatic carbocycles. The number of hydrogen-bond donors (Lipinski definition) is 1. The first-order valence-electron chi connectivity index (χ1n) is 16.2. The summed E-state index contributed by atoms with van der Waals surface area (Å²) in [6, 6.07) is 0. The van der Waals surface area contributed by atoms with E-state index >= 15 is 0 Å². The third-order valence-electron chi connectivity index (χ3n) is 6.60. The molecule has 230 valence electrons. The maximum absolute atomic E-state index is 12.0. The lowest BCUT2D eigenvalue weighted by Crippen LogP contribution is -2.28. The molecule has 0 fully saturated rings. The standard InChI is InChI=1S/C35H60O5/c1-3-5-7-9-11-13-15-16-17-18-20-21-23-25-27-29-34(37)39-32-33(31-36)40-35(38)30-28-26-24-22-19-14-12-10-8-6-4-2/h10-13,16-17,20-21,33,36H,3-9,14-15,18-19,22-32H2,1-2H3/b12-10-,13-11-,17-16-,21-20-/t33-/m0/s1. The van der Waals surface area contributed by atoms with Gasteiger partial charge in [0.2, 0.25) is 0 Å². The summed E-state index contributed by atoms with van der Waals surface area (Å²) in [5.74, 6) is -0.654. The molecule has 40 heavy (non-hydrogen) atoms. The molecule has 0 aliphatic rings. The topological polar surface area (TPSA) is 72.8 Å². The number of aliphatic hydroxyl groups is 1. The van der Waals surface area contributed by atoms with Crippen molar-refractivity contribution in [1.82, 2.24) is 0 Å². The molecule has 0 bridgehead atoms. The van der Waals surface area contributed by atoms with E-state index in [0.717, 1.165) is 57.8 Å². The predicted octanol–water partition coefficient (Wildman–Crippen LogP) is 9.50. The molecule has 0 aromatic heterocycles. The van der Waals surface area contributed by atoms with Gasteiger partial charge in [-0.05, 0) is 70.6 Å². The molecular weight excluding hydrogens is 500 g/mol. The van der Waals surface area contributed by atoms with Gasteiger partial charge in [0, 0.05) is 12.8 Å². The fourth-order valence-corrected chi connectivity index (χ4v) is 4.07. The molecule has 1 N–H and O–H groups in total.